The molecule has 10 heteroatoms. The zero-order chi connectivity index (χ0) is 23.9. The van der Waals surface area contributed by atoms with Crippen LogP contribution in [0.5, 0.6) is 0 Å². The molecule has 0 atom stereocenters. The van der Waals surface area contributed by atoms with Crippen LogP contribution in [0.3, 0.4) is 0 Å². The predicted octanol–water partition coefficient (Wildman–Crippen LogP) is 1.96. The first kappa shape index (κ1) is 22.9. The molecule has 0 spiro atoms. The number of carbonyl (C=O) groups is 3. The number of Topliss-reactive ketones (excluding diaryl/α,β-unsaturated/α-hetero) is 1. The lowest BCUT2D eigenvalue weighted by Crippen LogP contribution is -2.30. The van der Waals surface area contributed by atoms with E-state index in [2.05, 4.69) is 10.4 Å². The highest BCUT2D eigenvalue weighted by molar-refractivity contribution is 6.08. The maximum atomic E-state index is 12.9. The van der Waals surface area contributed by atoms with Gasteiger partial charge in [0.1, 0.15) is 0 Å². The van der Waals surface area contributed by atoms with E-state index in [9.17, 15) is 19.5 Å². The molecule has 2 aliphatic carbocycles. The smallest absolute Gasteiger partial charge is 0.295 e. The highest BCUT2D eigenvalue weighted by Gasteiger charge is 2.38. The molecule has 0 aliphatic heterocycles. The Labute approximate surface area is 191 Å². The lowest BCUT2D eigenvalue weighted by atomic mass is 9.75. The molecule has 4 rings (SSSR count). The monoisotopic (exact) mass is 455 g/mol. The Morgan fingerprint density at radius 3 is 2.52 bits per heavy atom. The molecule has 1 heterocycles. The highest BCUT2D eigenvalue weighted by Crippen LogP contribution is 2.37. The van der Waals surface area contributed by atoms with E-state index in [-0.39, 0.29) is 41.0 Å². The molecule has 2 aromatic rings. The maximum absolute atomic E-state index is 12.9. The summed E-state index contributed by atoms with van der Waals surface area (Å²) in [5.41, 5.74) is 8.87. The van der Waals surface area contributed by atoms with Crippen LogP contribution in [0, 0.1) is 5.41 Å². The van der Waals surface area contributed by atoms with E-state index in [1.165, 1.54) is 4.68 Å². The summed E-state index contributed by atoms with van der Waals surface area (Å²) in [7, 11) is 0. The second-order valence-electron chi connectivity index (χ2n) is 9.71. The number of nitrogens with one attached hydrogen (secondary N) is 2. The van der Waals surface area contributed by atoms with Crippen LogP contribution in [-0.2, 0) is 6.42 Å². The summed E-state index contributed by atoms with van der Waals surface area (Å²) >= 11 is 0. The van der Waals surface area contributed by atoms with Crippen LogP contribution in [0.1, 0.15) is 82.8 Å². The number of rotatable bonds is 5. The molecule has 176 valence electrons. The van der Waals surface area contributed by atoms with Crippen molar-refractivity contribution in [1.29, 1.82) is 0 Å². The number of aliphatic hydroxyl groups excluding tert-OH is 1. The molecule has 0 radical (unpaired) electrons. The number of aromatic nitrogens is 2. The van der Waals surface area contributed by atoms with Gasteiger partial charge >= 0.3 is 0 Å². The van der Waals surface area contributed by atoms with Gasteiger partial charge in [-0.1, -0.05) is 13.8 Å². The van der Waals surface area contributed by atoms with Gasteiger partial charge in [0.25, 0.3) is 11.8 Å². The quantitative estimate of drug-likeness (QED) is 0.340. The number of primary amides is 1. The van der Waals surface area contributed by atoms with E-state index in [0.29, 0.717) is 41.9 Å². The lowest BCUT2D eigenvalue weighted by molar-refractivity contribution is 0.0694. The Hall–Kier alpha value is -3.24. The van der Waals surface area contributed by atoms with Crippen molar-refractivity contribution < 1.29 is 24.7 Å². The van der Waals surface area contributed by atoms with Crippen LogP contribution >= 0.6 is 0 Å². The number of anilines is 1. The number of fused-ring (bicyclic) bond motifs is 1. The third-order valence-corrected chi connectivity index (χ3v) is 6.43. The predicted molar refractivity (Wildman–Crippen MR) is 120 cm³/mol. The fourth-order valence-corrected chi connectivity index (χ4v) is 4.81. The van der Waals surface area contributed by atoms with Crippen molar-refractivity contribution in [3.63, 3.8) is 0 Å². The van der Waals surface area contributed by atoms with Crippen LogP contribution in [0.15, 0.2) is 18.2 Å². The van der Waals surface area contributed by atoms with Gasteiger partial charge in [-0.25, -0.2) is 10.2 Å². The van der Waals surface area contributed by atoms with Crippen molar-refractivity contribution >= 4 is 23.3 Å². The van der Waals surface area contributed by atoms with E-state index >= 15 is 0 Å². The van der Waals surface area contributed by atoms with Gasteiger partial charge in [-0.2, -0.15) is 5.10 Å². The van der Waals surface area contributed by atoms with Crippen LogP contribution < -0.4 is 16.5 Å². The van der Waals surface area contributed by atoms with Crippen molar-refractivity contribution in [3.8, 4) is 5.69 Å². The van der Waals surface area contributed by atoms with Gasteiger partial charge in [-0.15, -0.1) is 0 Å². The van der Waals surface area contributed by atoms with Crippen LogP contribution in [0.25, 0.3) is 5.69 Å². The summed E-state index contributed by atoms with van der Waals surface area (Å²) in [6.45, 7) is 3.94. The second-order valence-corrected chi connectivity index (χ2v) is 9.71. The Balaban J connectivity index is 1.80. The highest BCUT2D eigenvalue weighted by atomic mass is 16.5. The van der Waals surface area contributed by atoms with Gasteiger partial charge in [0.05, 0.1) is 28.6 Å². The fraction of sp³-hybridized carbons (Fsp3) is 0.478. The summed E-state index contributed by atoms with van der Waals surface area (Å²) in [6, 6.07) is 5.05. The molecule has 1 aromatic carbocycles. The Kier molecular flexibility index (Phi) is 5.98. The molecule has 33 heavy (non-hydrogen) atoms. The van der Waals surface area contributed by atoms with Crippen molar-refractivity contribution in [3.05, 3.63) is 40.7 Å². The van der Waals surface area contributed by atoms with Crippen LogP contribution in [0.4, 0.5) is 5.69 Å². The van der Waals surface area contributed by atoms with Crippen molar-refractivity contribution in [2.24, 2.45) is 11.1 Å². The lowest BCUT2D eigenvalue weighted by Gasteiger charge is -2.29. The molecule has 2 amide bonds. The number of nitrogens with two attached hydrogens (primary N) is 1. The molecule has 6 N–H and O–H groups in total. The van der Waals surface area contributed by atoms with Gasteiger partial charge in [-0.3, -0.25) is 19.6 Å². The van der Waals surface area contributed by atoms with Crippen molar-refractivity contribution in [2.75, 3.05) is 5.32 Å². The van der Waals surface area contributed by atoms with Gasteiger partial charge in [0.2, 0.25) is 0 Å². The van der Waals surface area contributed by atoms with Gasteiger partial charge < -0.3 is 16.2 Å². The van der Waals surface area contributed by atoms with Crippen molar-refractivity contribution in [2.45, 2.75) is 64.5 Å². The van der Waals surface area contributed by atoms with Crippen LogP contribution in [0.2, 0.25) is 0 Å². The first-order valence-electron chi connectivity index (χ1n) is 11.1. The van der Waals surface area contributed by atoms with E-state index in [1.807, 2.05) is 13.8 Å². The number of ketones is 1. The molecule has 0 saturated heterocycles. The fourth-order valence-electron chi connectivity index (χ4n) is 4.81. The number of hydrogen-bond donors (Lipinski definition) is 5. The maximum Gasteiger partial charge on any atom is 0.295 e. The standard InChI is InChI=1S/C23H29N5O5/c1-23(2)10-17-19(18(30)11-23)20(22(32)27-33)26-28(17)13-5-8-15(21(24)31)16(9-13)25-12-3-6-14(29)7-4-12/h5,8-9,12,14,25,29,33H,3-4,6-7,10-11H2,1-2H3,(H2,24,31)(H,27,32). The molecule has 2 aliphatic rings. The Bertz CT molecular complexity index is 1110. The van der Waals surface area contributed by atoms with Gasteiger partial charge in [0.15, 0.2) is 11.5 Å². The molecular weight excluding hydrogens is 426 g/mol. The molecular formula is C23H29N5O5. The topological polar surface area (TPSA) is 160 Å². The third kappa shape index (κ3) is 4.49. The average Bonchev–Trinajstić information content (AvgIpc) is 3.13. The van der Waals surface area contributed by atoms with E-state index in [0.717, 1.165) is 12.8 Å². The largest absolute Gasteiger partial charge is 0.393 e. The number of amides is 2. The number of aliphatic hydroxyl groups is 1. The SMILES string of the molecule is CC1(C)CC(=O)c2c(C(=O)NO)nn(-c3ccc(C(N)=O)c(NC4CCC(O)CC4)c3)c2C1. The minimum absolute atomic E-state index is 0.0736. The molecule has 0 bridgehead atoms. The normalized spacial score (nSPS) is 21.9. The van der Waals surface area contributed by atoms with E-state index in [1.54, 1.807) is 23.7 Å². The molecule has 0 unspecified atom stereocenters. The minimum Gasteiger partial charge on any atom is -0.393 e. The zero-order valence-corrected chi connectivity index (χ0v) is 18.7. The van der Waals surface area contributed by atoms with Gasteiger partial charge in [-0.05, 0) is 55.7 Å². The summed E-state index contributed by atoms with van der Waals surface area (Å²) in [4.78, 5) is 37.2. The molecule has 1 aromatic heterocycles. The first-order valence-corrected chi connectivity index (χ1v) is 11.1. The minimum atomic E-state index is -0.856. The number of nitrogens with zero attached hydrogens (tertiary/aromatic N) is 2. The summed E-state index contributed by atoms with van der Waals surface area (Å²) in [5.74, 6) is -1.65. The van der Waals surface area contributed by atoms with Gasteiger partial charge in [0, 0.05) is 18.2 Å². The number of benzene rings is 1. The summed E-state index contributed by atoms with van der Waals surface area (Å²) in [5, 5.41) is 26.7. The Morgan fingerprint density at radius 2 is 1.88 bits per heavy atom. The number of hydroxylamine groups is 1. The first-order chi connectivity index (χ1) is 15.6. The van der Waals surface area contributed by atoms with E-state index < -0.39 is 11.8 Å². The molecule has 1 fully saturated rings. The summed E-state index contributed by atoms with van der Waals surface area (Å²) < 4.78 is 1.53. The number of carbonyl (C=O) groups excluding carboxylic acids is 3. The Morgan fingerprint density at radius 1 is 1.18 bits per heavy atom. The second kappa shape index (κ2) is 8.60. The summed E-state index contributed by atoms with van der Waals surface area (Å²) in [6.07, 6.45) is 3.31. The molecule has 10 nitrogen and oxygen atoms in total. The van der Waals surface area contributed by atoms with Crippen molar-refractivity contribution in [1.82, 2.24) is 15.3 Å². The van der Waals surface area contributed by atoms with E-state index in [4.69, 9.17) is 10.9 Å². The van der Waals surface area contributed by atoms with Crippen LogP contribution in [-0.4, -0.2) is 49.8 Å². The molecule has 1 saturated carbocycles. The third-order valence-electron chi connectivity index (χ3n) is 6.43. The zero-order valence-electron chi connectivity index (χ0n) is 18.7. The number of hydrogen-bond acceptors (Lipinski definition) is 7. The average molecular weight is 456 g/mol.